The van der Waals surface area contributed by atoms with Crippen molar-refractivity contribution in [2.45, 2.75) is 32.2 Å². The van der Waals surface area contributed by atoms with Gasteiger partial charge in [-0.2, -0.15) is 4.98 Å². The number of nitrogens with zero attached hydrogens (tertiary/aromatic N) is 3. The van der Waals surface area contributed by atoms with Crippen LogP contribution in [0.5, 0.6) is 0 Å². The fourth-order valence-corrected chi connectivity index (χ4v) is 2.73. The van der Waals surface area contributed by atoms with Crippen LogP contribution in [0.15, 0.2) is 28.8 Å². The Kier molecular flexibility index (Phi) is 3.78. The summed E-state index contributed by atoms with van der Waals surface area (Å²) in [7, 11) is 0. The van der Waals surface area contributed by atoms with Crippen LogP contribution in [-0.2, 0) is 6.54 Å². The van der Waals surface area contributed by atoms with E-state index >= 15 is 0 Å². The third kappa shape index (κ3) is 3.04. The average Bonchev–Trinajstić information content (AvgIpc) is 2.89. The van der Waals surface area contributed by atoms with Crippen molar-refractivity contribution < 1.29 is 8.91 Å². The lowest BCUT2D eigenvalue weighted by Crippen LogP contribution is -2.34. The Labute approximate surface area is 117 Å². The van der Waals surface area contributed by atoms with Gasteiger partial charge in [-0.3, -0.25) is 4.90 Å². The Morgan fingerprint density at radius 3 is 2.85 bits per heavy atom. The molecule has 20 heavy (non-hydrogen) atoms. The molecule has 5 heteroatoms. The maximum atomic E-state index is 12.9. The topological polar surface area (TPSA) is 42.2 Å². The smallest absolute Gasteiger partial charge is 0.231 e. The standard InChI is InChI=1S/C15H18FN3O/c1-11-17-15(20-18-11)13-3-2-8-19(10-13)9-12-4-6-14(16)7-5-12/h4-7,13H,2-3,8-10H2,1H3. The minimum Gasteiger partial charge on any atom is -0.339 e. The molecule has 0 N–H and O–H groups in total. The van der Waals surface area contributed by atoms with Crippen molar-refractivity contribution in [2.24, 2.45) is 0 Å². The van der Waals surface area contributed by atoms with Gasteiger partial charge in [0.2, 0.25) is 5.89 Å². The summed E-state index contributed by atoms with van der Waals surface area (Å²) >= 11 is 0. The van der Waals surface area contributed by atoms with Crippen LogP contribution in [0.1, 0.15) is 36.0 Å². The molecule has 1 aliphatic rings. The number of halogens is 1. The predicted octanol–water partition coefficient (Wildman–Crippen LogP) is 2.90. The molecule has 0 aliphatic carbocycles. The zero-order valence-corrected chi connectivity index (χ0v) is 11.6. The van der Waals surface area contributed by atoms with Crippen molar-refractivity contribution in [2.75, 3.05) is 13.1 Å². The number of aryl methyl sites for hydroxylation is 1. The van der Waals surface area contributed by atoms with Gasteiger partial charge in [-0.1, -0.05) is 17.3 Å². The first-order valence-corrected chi connectivity index (χ1v) is 6.98. The van der Waals surface area contributed by atoms with Crippen LogP contribution in [0.2, 0.25) is 0 Å². The highest BCUT2D eigenvalue weighted by Gasteiger charge is 2.25. The lowest BCUT2D eigenvalue weighted by atomic mass is 9.97. The van der Waals surface area contributed by atoms with E-state index in [4.69, 9.17) is 4.52 Å². The van der Waals surface area contributed by atoms with Crippen LogP contribution in [0.3, 0.4) is 0 Å². The monoisotopic (exact) mass is 275 g/mol. The Bertz CT molecular complexity index is 567. The largest absolute Gasteiger partial charge is 0.339 e. The SMILES string of the molecule is Cc1noc(C2CCCN(Cc3ccc(F)cc3)C2)n1. The number of likely N-dealkylation sites (tertiary alicyclic amines) is 1. The number of piperidine rings is 1. The van der Waals surface area contributed by atoms with E-state index in [-0.39, 0.29) is 5.82 Å². The van der Waals surface area contributed by atoms with Gasteiger partial charge in [0.05, 0.1) is 5.92 Å². The predicted molar refractivity (Wildman–Crippen MR) is 72.7 cm³/mol. The van der Waals surface area contributed by atoms with Gasteiger partial charge in [0.25, 0.3) is 0 Å². The molecule has 1 aliphatic heterocycles. The van der Waals surface area contributed by atoms with Crippen molar-refractivity contribution in [1.82, 2.24) is 15.0 Å². The molecule has 0 bridgehead atoms. The first-order chi connectivity index (χ1) is 9.70. The summed E-state index contributed by atoms with van der Waals surface area (Å²) in [4.78, 5) is 6.70. The number of aromatic nitrogens is 2. The van der Waals surface area contributed by atoms with Crippen molar-refractivity contribution in [1.29, 1.82) is 0 Å². The molecule has 3 rings (SSSR count). The van der Waals surface area contributed by atoms with Gasteiger partial charge < -0.3 is 4.52 Å². The van der Waals surface area contributed by atoms with Gasteiger partial charge in [-0.05, 0) is 44.0 Å². The van der Waals surface area contributed by atoms with Crippen LogP contribution in [0.4, 0.5) is 4.39 Å². The van der Waals surface area contributed by atoms with Crippen LogP contribution >= 0.6 is 0 Å². The molecule has 1 fully saturated rings. The van der Waals surface area contributed by atoms with E-state index in [0.29, 0.717) is 11.7 Å². The summed E-state index contributed by atoms with van der Waals surface area (Å²) in [5.74, 6) is 1.55. The summed E-state index contributed by atoms with van der Waals surface area (Å²) in [6.45, 7) is 4.65. The van der Waals surface area contributed by atoms with E-state index in [0.717, 1.165) is 43.9 Å². The minimum absolute atomic E-state index is 0.188. The van der Waals surface area contributed by atoms with Crippen LogP contribution in [-0.4, -0.2) is 28.1 Å². The van der Waals surface area contributed by atoms with E-state index in [1.807, 2.05) is 19.1 Å². The molecule has 0 saturated carbocycles. The first kappa shape index (κ1) is 13.2. The molecule has 0 radical (unpaired) electrons. The van der Waals surface area contributed by atoms with E-state index in [1.54, 1.807) is 0 Å². The lowest BCUT2D eigenvalue weighted by molar-refractivity contribution is 0.180. The van der Waals surface area contributed by atoms with Crippen molar-refractivity contribution in [3.63, 3.8) is 0 Å². The summed E-state index contributed by atoms with van der Waals surface area (Å²) in [6.07, 6.45) is 2.20. The van der Waals surface area contributed by atoms with E-state index in [1.165, 1.54) is 12.1 Å². The van der Waals surface area contributed by atoms with Gasteiger partial charge >= 0.3 is 0 Å². The Hall–Kier alpha value is -1.75. The third-order valence-corrected chi connectivity index (χ3v) is 3.72. The van der Waals surface area contributed by atoms with Gasteiger partial charge in [-0.15, -0.1) is 0 Å². The van der Waals surface area contributed by atoms with Gasteiger partial charge in [0.1, 0.15) is 5.82 Å². The van der Waals surface area contributed by atoms with E-state index in [9.17, 15) is 4.39 Å². The second-order valence-corrected chi connectivity index (χ2v) is 5.38. The second kappa shape index (κ2) is 5.71. The highest BCUT2D eigenvalue weighted by Crippen LogP contribution is 2.26. The molecule has 0 amide bonds. The fourth-order valence-electron chi connectivity index (χ4n) is 2.73. The highest BCUT2D eigenvalue weighted by molar-refractivity contribution is 5.16. The first-order valence-electron chi connectivity index (χ1n) is 6.98. The average molecular weight is 275 g/mol. The van der Waals surface area contributed by atoms with Crippen molar-refractivity contribution >= 4 is 0 Å². The molecule has 0 spiro atoms. The normalized spacial score (nSPS) is 20.2. The number of rotatable bonds is 3. The summed E-state index contributed by atoms with van der Waals surface area (Å²) in [5.41, 5.74) is 1.13. The second-order valence-electron chi connectivity index (χ2n) is 5.38. The van der Waals surface area contributed by atoms with Crippen molar-refractivity contribution in [3.8, 4) is 0 Å². The zero-order chi connectivity index (χ0) is 13.9. The highest BCUT2D eigenvalue weighted by atomic mass is 19.1. The van der Waals surface area contributed by atoms with E-state index in [2.05, 4.69) is 15.0 Å². The molecule has 1 atom stereocenters. The fraction of sp³-hybridized carbons (Fsp3) is 0.467. The third-order valence-electron chi connectivity index (χ3n) is 3.72. The molecule has 106 valence electrons. The van der Waals surface area contributed by atoms with E-state index < -0.39 is 0 Å². The summed E-state index contributed by atoms with van der Waals surface area (Å²) in [5, 5.41) is 3.86. The molecule has 1 saturated heterocycles. The van der Waals surface area contributed by atoms with Gasteiger partial charge in [0, 0.05) is 13.1 Å². The maximum Gasteiger partial charge on any atom is 0.231 e. The summed E-state index contributed by atoms with van der Waals surface area (Å²) in [6, 6.07) is 6.71. The molecule has 1 aromatic heterocycles. The molecule has 1 aromatic carbocycles. The summed E-state index contributed by atoms with van der Waals surface area (Å²) < 4.78 is 18.2. The molecular weight excluding hydrogens is 257 g/mol. The van der Waals surface area contributed by atoms with Crippen molar-refractivity contribution in [3.05, 3.63) is 47.4 Å². The van der Waals surface area contributed by atoms with Gasteiger partial charge in [-0.25, -0.2) is 4.39 Å². The number of hydrogen-bond acceptors (Lipinski definition) is 4. The Morgan fingerprint density at radius 2 is 2.15 bits per heavy atom. The molecule has 2 heterocycles. The Morgan fingerprint density at radius 1 is 1.35 bits per heavy atom. The molecule has 1 unspecified atom stereocenters. The molecule has 4 nitrogen and oxygen atoms in total. The van der Waals surface area contributed by atoms with Crippen LogP contribution < -0.4 is 0 Å². The molecule has 2 aromatic rings. The van der Waals surface area contributed by atoms with Crippen LogP contribution in [0.25, 0.3) is 0 Å². The maximum absolute atomic E-state index is 12.9. The minimum atomic E-state index is -0.188. The lowest BCUT2D eigenvalue weighted by Gasteiger charge is -2.30. The van der Waals surface area contributed by atoms with Gasteiger partial charge in [0.15, 0.2) is 5.82 Å². The van der Waals surface area contributed by atoms with Crippen LogP contribution in [0, 0.1) is 12.7 Å². The quantitative estimate of drug-likeness (QED) is 0.863. The molecular formula is C15H18FN3O. The number of hydrogen-bond donors (Lipinski definition) is 0. The Balaban J connectivity index is 1.64. The number of benzene rings is 1. The zero-order valence-electron chi connectivity index (χ0n) is 11.6.